The lowest BCUT2D eigenvalue weighted by atomic mass is 10.2. The van der Waals surface area contributed by atoms with Gasteiger partial charge in [-0.25, -0.2) is 9.50 Å². The van der Waals surface area contributed by atoms with Gasteiger partial charge in [-0.1, -0.05) is 48.1 Å². The quantitative estimate of drug-likeness (QED) is 0.706. The van der Waals surface area contributed by atoms with Crippen LogP contribution >= 0.6 is 22.9 Å². The molecule has 0 aliphatic rings. The average Bonchev–Trinajstić information content (AvgIpc) is 2.86. The number of hydrogen-bond acceptors (Lipinski definition) is 3. The van der Waals surface area contributed by atoms with Crippen LogP contribution in [0.3, 0.4) is 0 Å². The maximum absolute atomic E-state index is 6.15. The number of nitrogens with zero attached hydrogens (tertiary/aromatic N) is 3. The van der Waals surface area contributed by atoms with Gasteiger partial charge in [0, 0.05) is 5.56 Å². The molecule has 3 rings (SSSR count). The lowest BCUT2D eigenvalue weighted by Crippen LogP contribution is -1.83. The van der Waals surface area contributed by atoms with Gasteiger partial charge in [0.15, 0.2) is 0 Å². The molecule has 0 aliphatic carbocycles. The molecule has 86 valence electrons. The number of halogens is 1. The lowest BCUT2D eigenvalue weighted by molar-refractivity contribution is 0.910. The highest BCUT2D eigenvalue weighted by molar-refractivity contribution is 7.16. The summed E-state index contributed by atoms with van der Waals surface area (Å²) < 4.78 is 1.82. The summed E-state index contributed by atoms with van der Waals surface area (Å²) in [4.78, 5) is 5.46. The summed E-state index contributed by atoms with van der Waals surface area (Å²) in [5.41, 5.74) is 1.82. The maximum Gasteiger partial charge on any atom is 0.212 e. The molecular formula is C12H10ClN3S. The number of fused-ring (bicyclic) bond motifs is 1. The topological polar surface area (TPSA) is 30.2 Å². The number of aromatic nitrogens is 3. The van der Waals surface area contributed by atoms with E-state index in [9.17, 15) is 0 Å². The smallest absolute Gasteiger partial charge is 0.212 e. The molecule has 0 saturated carbocycles. The molecule has 0 amide bonds. The maximum atomic E-state index is 6.15. The van der Waals surface area contributed by atoms with Crippen LogP contribution in [-0.4, -0.2) is 14.6 Å². The van der Waals surface area contributed by atoms with Crippen molar-refractivity contribution in [2.24, 2.45) is 0 Å². The highest BCUT2D eigenvalue weighted by Gasteiger charge is 2.10. The number of benzene rings is 1. The molecule has 2 heterocycles. The Morgan fingerprint density at radius 3 is 2.88 bits per heavy atom. The van der Waals surface area contributed by atoms with E-state index >= 15 is 0 Å². The van der Waals surface area contributed by atoms with E-state index in [1.807, 2.05) is 35.0 Å². The fourth-order valence-corrected chi connectivity index (χ4v) is 2.73. The van der Waals surface area contributed by atoms with Crippen molar-refractivity contribution in [3.8, 4) is 11.3 Å². The molecule has 0 aliphatic heterocycles. The van der Waals surface area contributed by atoms with Crippen molar-refractivity contribution in [3.63, 3.8) is 0 Å². The van der Waals surface area contributed by atoms with Crippen molar-refractivity contribution >= 4 is 27.9 Å². The van der Waals surface area contributed by atoms with E-state index in [0.29, 0.717) is 5.02 Å². The summed E-state index contributed by atoms with van der Waals surface area (Å²) in [5, 5.41) is 6.25. The van der Waals surface area contributed by atoms with Crippen molar-refractivity contribution in [2.75, 3.05) is 0 Å². The number of rotatable bonds is 2. The highest BCUT2D eigenvalue weighted by Crippen LogP contribution is 2.28. The second kappa shape index (κ2) is 4.13. The molecule has 0 saturated heterocycles. The second-order valence-corrected chi connectivity index (χ2v) is 5.13. The fourth-order valence-electron chi connectivity index (χ4n) is 1.68. The molecule has 0 fully saturated rings. The monoisotopic (exact) mass is 263 g/mol. The van der Waals surface area contributed by atoms with E-state index in [4.69, 9.17) is 11.6 Å². The molecule has 0 bridgehead atoms. The van der Waals surface area contributed by atoms with E-state index in [1.54, 1.807) is 11.3 Å². The van der Waals surface area contributed by atoms with Crippen molar-refractivity contribution in [1.82, 2.24) is 14.6 Å². The largest absolute Gasteiger partial charge is 0.217 e. The first-order valence-electron chi connectivity index (χ1n) is 5.38. The van der Waals surface area contributed by atoms with Gasteiger partial charge < -0.3 is 0 Å². The molecule has 0 unspecified atom stereocenters. The van der Waals surface area contributed by atoms with Gasteiger partial charge >= 0.3 is 0 Å². The normalized spacial score (nSPS) is 11.2. The summed E-state index contributed by atoms with van der Waals surface area (Å²) in [6, 6.07) is 7.71. The Morgan fingerprint density at radius 1 is 1.35 bits per heavy atom. The lowest BCUT2D eigenvalue weighted by Gasteiger charge is -1.97. The van der Waals surface area contributed by atoms with Gasteiger partial charge in [-0.05, 0) is 12.5 Å². The van der Waals surface area contributed by atoms with Gasteiger partial charge in [0.2, 0.25) is 4.96 Å². The Labute approximate surface area is 108 Å². The van der Waals surface area contributed by atoms with Crippen LogP contribution in [0.15, 0.2) is 30.5 Å². The van der Waals surface area contributed by atoms with E-state index < -0.39 is 0 Å². The molecule has 1 aromatic carbocycles. The first-order valence-corrected chi connectivity index (χ1v) is 6.57. The van der Waals surface area contributed by atoms with Gasteiger partial charge in [-0.2, -0.15) is 5.10 Å². The third-order valence-corrected chi connectivity index (χ3v) is 3.93. The zero-order chi connectivity index (χ0) is 11.8. The minimum absolute atomic E-state index is 0.717. The second-order valence-electron chi connectivity index (χ2n) is 3.68. The van der Waals surface area contributed by atoms with Crippen molar-refractivity contribution in [3.05, 3.63) is 40.5 Å². The Kier molecular flexibility index (Phi) is 2.61. The van der Waals surface area contributed by atoms with Crippen LogP contribution in [-0.2, 0) is 6.42 Å². The van der Waals surface area contributed by atoms with E-state index in [0.717, 1.165) is 27.6 Å². The summed E-state index contributed by atoms with van der Waals surface area (Å²) in [6.45, 7) is 2.09. The van der Waals surface area contributed by atoms with E-state index in [1.165, 1.54) is 0 Å². The minimum atomic E-state index is 0.717. The van der Waals surface area contributed by atoms with Gasteiger partial charge in [0.1, 0.15) is 5.01 Å². The SMILES string of the molecule is CCc1nn2cc(-c3ccccc3Cl)nc2s1. The zero-order valence-electron chi connectivity index (χ0n) is 9.22. The predicted molar refractivity (Wildman–Crippen MR) is 70.7 cm³/mol. The standard InChI is InChI=1S/C12H10ClN3S/c1-2-11-15-16-7-10(14-12(16)17-11)8-5-3-4-6-9(8)13/h3-7H,2H2,1H3. The van der Waals surface area contributed by atoms with Crippen LogP contribution in [0.2, 0.25) is 5.02 Å². The van der Waals surface area contributed by atoms with E-state index in [2.05, 4.69) is 17.0 Å². The van der Waals surface area contributed by atoms with Crippen LogP contribution in [0.5, 0.6) is 0 Å². The number of imidazole rings is 1. The van der Waals surface area contributed by atoms with Crippen LogP contribution in [0.25, 0.3) is 16.2 Å². The third-order valence-electron chi connectivity index (χ3n) is 2.54. The highest BCUT2D eigenvalue weighted by atomic mass is 35.5. The molecular weight excluding hydrogens is 254 g/mol. The predicted octanol–water partition coefficient (Wildman–Crippen LogP) is 3.67. The van der Waals surface area contributed by atoms with Crippen molar-refractivity contribution < 1.29 is 0 Å². The van der Waals surface area contributed by atoms with Crippen LogP contribution in [0.1, 0.15) is 11.9 Å². The average molecular weight is 264 g/mol. The summed E-state index contributed by atoms with van der Waals surface area (Å²) in [5.74, 6) is 0. The zero-order valence-corrected chi connectivity index (χ0v) is 10.8. The molecule has 0 radical (unpaired) electrons. The number of aryl methyl sites for hydroxylation is 1. The Hall–Kier alpha value is -1.39. The first kappa shape index (κ1) is 10.7. The van der Waals surface area contributed by atoms with Crippen molar-refractivity contribution in [2.45, 2.75) is 13.3 Å². The molecule has 17 heavy (non-hydrogen) atoms. The molecule has 0 atom stereocenters. The van der Waals surface area contributed by atoms with Gasteiger partial charge in [0.05, 0.1) is 16.9 Å². The van der Waals surface area contributed by atoms with Crippen LogP contribution in [0, 0.1) is 0 Å². The van der Waals surface area contributed by atoms with Gasteiger partial charge in [-0.3, -0.25) is 0 Å². The molecule has 3 aromatic rings. The number of hydrogen-bond donors (Lipinski definition) is 0. The van der Waals surface area contributed by atoms with Crippen molar-refractivity contribution in [1.29, 1.82) is 0 Å². The Balaban J connectivity index is 2.13. The minimum Gasteiger partial charge on any atom is -0.217 e. The molecule has 2 aromatic heterocycles. The van der Waals surface area contributed by atoms with Gasteiger partial charge in [0.25, 0.3) is 0 Å². The molecule has 0 spiro atoms. The third kappa shape index (κ3) is 1.83. The summed E-state index contributed by atoms with van der Waals surface area (Å²) in [6.07, 6.45) is 2.86. The van der Waals surface area contributed by atoms with Gasteiger partial charge in [-0.15, -0.1) is 0 Å². The Morgan fingerprint density at radius 2 is 2.18 bits per heavy atom. The van der Waals surface area contributed by atoms with Crippen LogP contribution < -0.4 is 0 Å². The Bertz CT molecular complexity index is 640. The van der Waals surface area contributed by atoms with E-state index in [-0.39, 0.29) is 0 Å². The summed E-state index contributed by atoms with van der Waals surface area (Å²) in [7, 11) is 0. The molecule has 5 heteroatoms. The fraction of sp³-hybridized carbons (Fsp3) is 0.167. The van der Waals surface area contributed by atoms with Crippen LogP contribution in [0.4, 0.5) is 0 Å². The molecule has 0 N–H and O–H groups in total. The molecule has 3 nitrogen and oxygen atoms in total. The summed E-state index contributed by atoms with van der Waals surface area (Å²) >= 11 is 7.76. The first-order chi connectivity index (χ1) is 8.28.